The molecule has 1 aliphatic carbocycles. The van der Waals surface area contributed by atoms with Crippen molar-refractivity contribution in [1.29, 1.82) is 0 Å². The number of alkyl halides is 3. The number of carbonyl (C=O) groups is 2. The molecule has 5 N–H and O–H groups in total. The number of aliphatic hydroxyl groups is 2. The number of anilines is 1. The second kappa shape index (κ2) is 15.5. The summed E-state index contributed by atoms with van der Waals surface area (Å²) in [5.74, 6) is -1.05. The average Bonchev–Trinajstić information content (AvgIpc) is 3.61. The molecule has 5 rings (SSSR count). The number of carbonyl (C=O) groups excluding carboxylic acids is 1. The molecule has 258 valence electrons. The molecule has 1 aliphatic rings. The molecule has 0 spiro atoms. The minimum absolute atomic E-state index is 0.0102. The van der Waals surface area contributed by atoms with Gasteiger partial charge in [-0.1, -0.05) is 31.2 Å². The molecule has 1 amide bonds. The van der Waals surface area contributed by atoms with E-state index in [0.717, 1.165) is 22.6 Å². The van der Waals surface area contributed by atoms with Gasteiger partial charge in [-0.3, -0.25) is 4.79 Å². The third-order valence-electron chi connectivity index (χ3n) is 7.82. The molecule has 0 unspecified atom stereocenters. The van der Waals surface area contributed by atoms with Crippen LogP contribution in [0.25, 0.3) is 11.2 Å². The Morgan fingerprint density at radius 1 is 1.00 bits per heavy atom. The Morgan fingerprint density at radius 2 is 1.54 bits per heavy atom. The third kappa shape index (κ3) is 8.42. The lowest BCUT2D eigenvalue weighted by molar-refractivity contribution is -0.192. The number of rotatable bonds is 10. The number of halogens is 4. The zero-order valence-corrected chi connectivity index (χ0v) is 26.7. The summed E-state index contributed by atoms with van der Waals surface area (Å²) >= 11 is 6.36. The van der Waals surface area contributed by atoms with Crippen molar-refractivity contribution in [2.45, 2.75) is 56.2 Å². The number of ether oxygens (including phenoxy) is 2. The Bertz CT molecular complexity index is 1660. The van der Waals surface area contributed by atoms with Crippen molar-refractivity contribution in [3.8, 4) is 11.5 Å². The fourth-order valence-electron chi connectivity index (χ4n) is 5.29. The van der Waals surface area contributed by atoms with Gasteiger partial charge in [-0.05, 0) is 53.4 Å². The van der Waals surface area contributed by atoms with Crippen LogP contribution in [0.5, 0.6) is 11.5 Å². The predicted octanol–water partition coefficient (Wildman–Crippen LogP) is 3.94. The van der Waals surface area contributed by atoms with Crippen molar-refractivity contribution in [3.63, 3.8) is 0 Å². The van der Waals surface area contributed by atoms with Gasteiger partial charge in [0.05, 0.1) is 32.6 Å². The van der Waals surface area contributed by atoms with Crippen molar-refractivity contribution in [2.75, 3.05) is 26.1 Å². The highest BCUT2D eigenvalue weighted by atomic mass is 35.5. The molecule has 0 radical (unpaired) electrons. The third-order valence-corrected chi connectivity index (χ3v) is 7.99. The van der Waals surface area contributed by atoms with Crippen LogP contribution in [0.3, 0.4) is 0 Å². The van der Waals surface area contributed by atoms with E-state index in [-0.39, 0.29) is 23.5 Å². The van der Waals surface area contributed by atoms with E-state index in [0.29, 0.717) is 29.9 Å². The lowest BCUT2D eigenvalue weighted by atomic mass is 9.91. The van der Waals surface area contributed by atoms with Crippen LogP contribution in [0, 0.1) is 0 Å². The zero-order valence-electron chi connectivity index (χ0n) is 26.0. The van der Waals surface area contributed by atoms with Gasteiger partial charge in [-0.15, -0.1) is 0 Å². The first-order chi connectivity index (χ1) is 22.8. The van der Waals surface area contributed by atoms with Gasteiger partial charge < -0.3 is 40.0 Å². The number of amides is 1. The number of methoxy groups -OCH3 is 2. The van der Waals surface area contributed by atoms with Crippen molar-refractivity contribution >= 4 is 40.5 Å². The van der Waals surface area contributed by atoms with Gasteiger partial charge in [0.25, 0.3) is 0 Å². The minimum atomic E-state index is -5.08. The van der Waals surface area contributed by atoms with E-state index in [1.807, 2.05) is 48.5 Å². The van der Waals surface area contributed by atoms with E-state index in [1.54, 1.807) is 32.0 Å². The molecule has 0 bridgehead atoms. The molecule has 1 fully saturated rings. The van der Waals surface area contributed by atoms with Gasteiger partial charge in [0.2, 0.25) is 11.2 Å². The molecule has 17 heteroatoms. The molecule has 4 aromatic rings. The molecule has 0 saturated heterocycles. The van der Waals surface area contributed by atoms with Crippen molar-refractivity contribution in [1.82, 2.24) is 24.8 Å². The van der Waals surface area contributed by atoms with Crippen molar-refractivity contribution in [2.24, 2.45) is 0 Å². The molecule has 2 heterocycles. The number of nitrogens with one attached hydrogen (secondary N) is 2. The van der Waals surface area contributed by atoms with Gasteiger partial charge in [0, 0.05) is 18.9 Å². The van der Waals surface area contributed by atoms with E-state index in [4.69, 9.17) is 31.0 Å². The number of hydrogen-bond donors (Lipinski definition) is 5. The number of aliphatic hydroxyl groups excluding tert-OH is 2. The van der Waals surface area contributed by atoms with E-state index in [1.165, 1.54) is 0 Å². The number of imidazole rings is 1. The summed E-state index contributed by atoms with van der Waals surface area (Å²) in [4.78, 5) is 34.2. The fraction of sp³-hybridized carbons (Fsp3) is 0.387. The second-order valence-electron chi connectivity index (χ2n) is 10.8. The maximum absolute atomic E-state index is 11.9. The van der Waals surface area contributed by atoms with E-state index >= 15 is 0 Å². The highest BCUT2D eigenvalue weighted by Gasteiger charge is 2.43. The summed E-state index contributed by atoms with van der Waals surface area (Å²) in [6.45, 7) is 2.19. The summed E-state index contributed by atoms with van der Waals surface area (Å²) in [6, 6.07) is 14.6. The van der Waals surface area contributed by atoms with Gasteiger partial charge in [0.1, 0.15) is 23.7 Å². The maximum Gasteiger partial charge on any atom is 0.490 e. The summed E-state index contributed by atoms with van der Waals surface area (Å²) < 4.78 is 44.1. The van der Waals surface area contributed by atoms with E-state index in [2.05, 4.69) is 25.6 Å². The first-order valence-corrected chi connectivity index (χ1v) is 15.0. The highest BCUT2D eigenvalue weighted by molar-refractivity contribution is 6.28. The highest BCUT2D eigenvalue weighted by Crippen LogP contribution is 2.35. The normalized spacial score (nSPS) is 19.0. The van der Waals surface area contributed by atoms with Crippen molar-refractivity contribution < 1.29 is 47.6 Å². The number of nitrogens with zero attached hydrogens (tertiary/aromatic N) is 4. The van der Waals surface area contributed by atoms with Crippen LogP contribution in [0.15, 0.2) is 54.9 Å². The smallest absolute Gasteiger partial charge is 0.490 e. The molecule has 4 atom stereocenters. The van der Waals surface area contributed by atoms with Gasteiger partial charge in [-0.2, -0.15) is 23.1 Å². The van der Waals surface area contributed by atoms with Crippen LogP contribution in [-0.4, -0.2) is 91.9 Å². The average molecular weight is 695 g/mol. The van der Waals surface area contributed by atoms with E-state index in [9.17, 15) is 28.2 Å². The van der Waals surface area contributed by atoms with Gasteiger partial charge in [-0.25, -0.2) is 9.78 Å². The zero-order chi connectivity index (χ0) is 35.2. The number of fused-ring (bicyclic) bond motifs is 1. The first kappa shape index (κ1) is 36.2. The maximum atomic E-state index is 11.9. The Labute approximate surface area is 277 Å². The number of carboxylic acids is 1. The van der Waals surface area contributed by atoms with E-state index < -0.39 is 36.4 Å². The quantitative estimate of drug-likeness (QED) is 0.152. The lowest BCUT2D eigenvalue weighted by Crippen LogP contribution is -2.42. The Balaban J connectivity index is 0.000000671. The van der Waals surface area contributed by atoms with Crippen molar-refractivity contribution in [3.05, 3.63) is 71.3 Å². The monoisotopic (exact) mass is 694 g/mol. The summed E-state index contributed by atoms with van der Waals surface area (Å²) in [5, 5.41) is 34.7. The molecular formula is C31H34ClF3N6O7. The molecule has 1 saturated carbocycles. The number of hydrogen-bond acceptors (Lipinski definition) is 10. The van der Waals surface area contributed by atoms with Gasteiger partial charge >= 0.3 is 12.1 Å². The minimum Gasteiger partial charge on any atom is -0.497 e. The number of aliphatic carboxylic acids is 1. The van der Waals surface area contributed by atoms with Crippen LogP contribution in [0.1, 0.15) is 42.9 Å². The number of carboxylic acid groups (broad SMARTS) is 1. The summed E-state index contributed by atoms with van der Waals surface area (Å²) in [6.07, 6.45) is -5.20. The summed E-state index contributed by atoms with van der Waals surface area (Å²) in [7, 11) is 3.26. The molecule has 48 heavy (non-hydrogen) atoms. The Kier molecular flexibility index (Phi) is 11.7. The second-order valence-corrected chi connectivity index (χ2v) is 11.1. The number of benzene rings is 2. The van der Waals surface area contributed by atoms with Crippen LogP contribution in [0.4, 0.5) is 19.0 Å². The SMILES string of the molecule is CCC(=O)N[C@H]1C[C@@H](n2cnc3c(NCC(c4ccc(OC)cc4)c4ccc(OC)cc4)nc(Cl)nc32)[C@H](O)[C@@H]1O.O=C(O)C(F)(F)F. The topological polar surface area (TPSA) is 181 Å². The molecule has 0 aliphatic heterocycles. The standard InChI is InChI=1S/C29H33ClN6O5.C2HF3O2/c1-4-23(37)33-21-13-22(26(39)25(21)38)36-15-32-24-27(34-29(30)35-28(24)36)31-14-20(16-5-9-18(40-2)10-6-16)17-7-11-19(41-3)12-8-17;3-2(4,5)1(6)7/h5-12,15,20-22,25-26,38-39H,4,13-14H2,1-3H3,(H,33,37)(H,31,34,35);(H,6,7)/t21-,22+,25+,26-;/m0./s1. The summed E-state index contributed by atoms with van der Waals surface area (Å²) in [5.41, 5.74) is 3.01. The molecule has 13 nitrogen and oxygen atoms in total. The van der Waals surface area contributed by atoms with Gasteiger partial charge in [0.15, 0.2) is 17.0 Å². The predicted molar refractivity (Wildman–Crippen MR) is 168 cm³/mol. The lowest BCUT2D eigenvalue weighted by Gasteiger charge is -2.20. The van der Waals surface area contributed by atoms with Crippen LogP contribution in [0.2, 0.25) is 5.28 Å². The van der Waals surface area contributed by atoms with Crippen LogP contribution < -0.4 is 20.1 Å². The van der Waals surface area contributed by atoms with Crippen LogP contribution >= 0.6 is 11.6 Å². The fourth-order valence-corrected chi connectivity index (χ4v) is 5.46. The molecule has 2 aromatic carbocycles. The first-order valence-electron chi connectivity index (χ1n) is 14.6. The Hall–Kier alpha value is -4.67. The Morgan fingerprint density at radius 3 is 2.02 bits per heavy atom. The van der Waals surface area contributed by atoms with Crippen LogP contribution in [-0.2, 0) is 9.59 Å². The molecular weight excluding hydrogens is 661 g/mol. The number of aromatic nitrogens is 4. The molecule has 2 aromatic heterocycles. The largest absolute Gasteiger partial charge is 0.497 e.